The van der Waals surface area contributed by atoms with Gasteiger partial charge in [-0.25, -0.2) is 14.8 Å². The van der Waals surface area contributed by atoms with Crippen LogP contribution in [0.1, 0.15) is 32.6 Å². The summed E-state index contributed by atoms with van der Waals surface area (Å²) in [5.41, 5.74) is 8.93. The SMILES string of the molecule is CC1CCC(Cn2c(N)nc3nc(-c4noc(=O)[nH]4)nc(-c4cccc(Cl)c4)c32)CC1. The number of benzene rings is 1. The lowest BCUT2D eigenvalue weighted by atomic mass is 9.83. The number of rotatable bonds is 4. The predicted molar refractivity (Wildman–Crippen MR) is 117 cm³/mol. The summed E-state index contributed by atoms with van der Waals surface area (Å²) in [6.07, 6.45) is 4.76. The molecule has 1 aliphatic rings. The van der Waals surface area contributed by atoms with E-state index < -0.39 is 5.76 Å². The van der Waals surface area contributed by atoms with Crippen molar-refractivity contribution in [2.45, 2.75) is 39.2 Å². The average molecular weight is 440 g/mol. The number of nitrogens with two attached hydrogens (primary N) is 1. The van der Waals surface area contributed by atoms with Gasteiger partial charge in [-0.1, -0.05) is 48.7 Å². The fraction of sp³-hybridized carbons (Fsp3) is 0.381. The minimum absolute atomic E-state index is 0.129. The number of nitrogen functional groups attached to an aromatic ring is 1. The molecule has 3 heterocycles. The van der Waals surface area contributed by atoms with Crippen LogP contribution in [0.4, 0.5) is 5.95 Å². The Labute approximate surface area is 182 Å². The van der Waals surface area contributed by atoms with Crippen molar-refractivity contribution in [3.8, 4) is 22.9 Å². The zero-order valence-corrected chi connectivity index (χ0v) is 17.8. The average Bonchev–Trinajstić information content (AvgIpc) is 3.32. The number of aromatic amines is 1. The highest BCUT2D eigenvalue weighted by atomic mass is 35.5. The predicted octanol–water partition coefficient (Wildman–Crippen LogP) is 3.90. The Morgan fingerprint density at radius 2 is 2.03 bits per heavy atom. The third-order valence-corrected chi connectivity index (χ3v) is 6.19. The van der Waals surface area contributed by atoms with Crippen LogP contribution < -0.4 is 11.5 Å². The molecule has 5 rings (SSSR count). The fourth-order valence-corrected chi connectivity index (χ4v) is 4.47. The van der Waals surface area contributed by atoms with E-state index in [4.69, 9.17) is 22.3 Å². The highest BCUT2D eigenvalue weighted by molar-refractivity contribution is 6.30. The highest BCUT2D eigenvalue weighted by Gasteiger charge is 2.24. The molecule has 0 radical (unpaired) electrons. The van der Waals surface area contributed by atoms with Crippen LogP contribution in [0.25, 0.3) is 34.1 Å². The van der Waals surface area contributed by atoms with Crippen molar-refractivity contribution >= 4 is 28.7 Å². The Balaban J connectivity index is 1.68. The van der Waals surface area contributed by atoms with Crippen LogP contribution in [-0.4, -0.2) is 29.7 Å². The lowest BCUT2D eigenvalue weighted by molar-refractivity contribution is 0.267. The maximum Gasteiger partial charge on any atom is 0.439 e. The van der Waals surface area contributed by atoms with Gasteiger partial charge >= 0.3 is 5.76 Å². The fourth-order valence-electron chi connectivity index (χ4n) is 4.28. The molecule has 0 atom stereocenters. The normalized spacial score (nSPS) is 19.2. The molecule has 0 aliphatic heterocycles. The maximum absolute atomic E-state index is 11.4. The number of imidazole rings is 1. The maximum atomic E-state index is 11.4. The van der Waals surface area contributed by atoms with Gasteiger partial charge in [0.1, 0.15) is 11.2 Å². The highest BCUT2D eigenvalue weighted by Crippen LogP contribution is 2.34. The van der Waals surface area contributed by atoms with E-state index in [1.807, 2.05) is 22.8 Å². The molecule has 1 saturated carbocycles. The van der Waals surface area contributed by atoms with Gasteiger partial charge in [0.25, 0.3) is 0 Å². The summed E-state index contributed by atoms with van der Waals surface area (Å²) in [5.74, 6) is 1.32. The molecule has 31 heavy (non-hydrogen) atoms. The monoisotopic (exact) mass is 439 g/mol. The van der Waals surface area contributed by atoms with Crippen molar-refractivity contribution in [3.05, 3.63) is 39.8 Å². The third kappa shape index (κ3) is 3.81. The summed E-state index contributed by atoms with van der Waals surface area (Å²) >= 11 is 6.25. The van der Waals surface area contributed by atoms with E-state index in [1.165, 1.54) is 12.8 Å². The first-order chi connectivity index (χ1) is 15.0. The molecule has 0 unspecified atom stereocenters. The second-order valence-electron chi connectivity index (χ2n) is 8.23. The molecular weight excluding hydrogens is 418 g/mol. The zero-order valence-electron chi connectivity index (χ0n) is 17.0. The van der Waals surface area contributed by atoms with Crippen molar-refractivity contribution in [2.24, 2.45) is 11.8 Å². The van der Waals surface area contributed by atoms with Gasteiger partial charge in [-0.05, 0) is 36.8 Å². The first-order valence-electron chi connectivity index (χ1n) is 10.3. The Morgan fingerprint density at radius 3 is 2.74 bits per heavy atom. The first-order valence-corrected chi connectivity index (χ1v) is 10.7. The molecule has 1 aromatic carbocycles. The summed E-state index contributed by atoms with van der Waals surface area (Å²) in [7, 11) is 0. The molecule has 1 fully saturated rings. The van der Waals surface area contributed by atoms with Gasteiger partial charge < -0.3 is 10.3 Å². The molecule has 0 saturated heterocycles. The van der Waals surface area contributed by atoms with Gasteiger partial charge in [0.2, 0.25) is 17.6 Å². The largest absolute Gasteiger partial charge is 0.439 e. The lowest BCUT2D eigenvalue weighted by Crippen LogP contribution is -2.19. The summed E-state index contributed by atoms with van der Waals surface area (Å²) in [6, 6.07) is 7.40. The number of nitrogens with zero attached hydrogens (tertiary/aromatic N) is 5. The van der Waals surface area contributed by atoms with E-state index in [1.54, 1.807) is 6.07 Å². The molecule has 3 aromatic heterocycles. The Hall–Kier alpha value is -3.20. The van der Waals surface area contributed by atoms with Crippen molar-refractivity contribution in [1.29, 1.82) is 0 Å². The number of H-pyrrole nitrogens is 1. The van der Waals surface area contributed by atoms with E-state index in [9.17, 15) is 4.79 Å². The molecule has 160 valence electrons. The molecule has 0 bridgehead atoms. The second-order valence-corrected chi connectivity index (χ2v) is 8.66. The number of fused-ring (bicyclic) bond motifs is 1. The molecule has 3 N–H and O–H groups in total. The minimum Gasteiger partial charge on any atom is -0.369 e. The summed E-state index contributed by atoms with van der Waals surface area (Å²) in [4.78, 5) is 27.6. The van der Waals surface area contributed by atoms with E-state index in [2.05, 4.69) is 31.6 Å². The molecule has 9 nitrogen and oxygen atoms in total. The summed E-state index contributed by atoms with van der Waals surface area (Å²) in [6.45, 7) is 3.06. The van der Waals surface area contributed by atoms with E-state index in [0.717, 1.165) is 36.4 Å². The number of hydrogen-bond acceptors (Lipinski definition) is 7. The standard InChI is InChI=1S/C21H22ClN7O2/c1-11-5-7-12(8-6-11)10-29-16-15(13-3-2-4-14(22)9-13)24-18(19-27-21(30)31-28-19)25-17(16)26-20(29)23/h2-4,9,11-12H,5-8,10H2,1H3,(H,27,28,30)(H2,23,24,25,26). The van der Waals surface area contributed by atoms with Crippen molar-refractivity contribution in [2.75, 3.05) is 5.73 Å². The van der Waals surface area contributed by atoms with Gasteiger partial charge in [-0.3, -0.25) is 9.51 Å². The number of anilines is 1. The van der Waals surface area contributed by atoms with E-state index >= 15 is 0 Å². The van der Waals surface area contributed by atoms with Gasteiger partial charge in [-0.2, -0.15) is 4.98 Å². The molecule has 4 aromatic rings. The van der Waals surface area contributed by atoms with Crippen LogP contribution in [0.5, 0.6) is 0 Å². The summed E-state index contributed by atoms with van der Waals surface area (Å²) < 4.78 is 6.62. The number of nitrogens with one attached hydrogen (secondary N) is 1. The lowest BCUT2D eigenvalue weighted by Gasteiger charge is -2.27. The number of halogens is 1. The van der Waals surface area contributed by atoms with Crippen LogP contribution in [0, 0.1) is 11.8 Å². The van der Waals surface area contributed by atoms with Gasteiger partial charge in [0, 0.05) is 17.1 Å². The van der Waals surface area contributed by atoms with E-state index in [0.29, 0.717) is 28.2 Å². The van der Waals surface area contributed by atoms with Crippen molar-refractivity contribution < 1.29 is 4.52 Å². The Morgan fingerprint density at radius 1 is 1.23 bits per heavy atom. The number of aromatic nitrogens is 6. The topological polar surface area (TPSA) is 129 Å². The van der Waals surface area contributed by atoms with Crippen LogP contribution in [0.2, 0.25) is 5.02 Å². The number of hydrogen-bond donors (Lipinski definition) is 2. The van der Waals surface area contributed by atoms with Crippen LogP contribution in [0.3, 0.4) is 0 Å². The van der Waals surface area contributed by atoms with Crippen LogP contribution in [0.15, 0.2) is 33.6 Å². The van der Waals surface area contributed by atoms with Gasteiger partial charge in [0.05, 0.1) is 0 Å². The molecule has 0 spiro atoms. The quantitative estimate of drug-likeness (QED) is 0.493. The molecule has 0 amide bonds. The van der Waals surface area contributed by atoms with Gasteiger partial charge in [0.15, 0.2) is 5.65 Å². The first kappa shape index (κ1) is 19.7. The van der Waals surface area contributed by atoms with E-state index in [-0.39, 0.29) is 11.6 Å². The Kier molecular flexibility index (Phi) is 4.97. The third-order valence-electron chi connectivity index (χ3n) is 5.96. The molecular formula is C21H22ClN7O2. The smallest absolute Gasteiger partial charge is 0.369 e. The van der Waals surface area contributed by atoms with Crippen molar-refractivity contribution in [1.82, 2.24) is 29.7 Å². The summed E-state index contributed by atoms with van der Waals surface area (Å²) in [5, 5.41) is 4.30. The molecule has 10 heteroatoms. The van der Waals surface area contributed by atoms with Crippen LogP contribution in [-0.2, 0) is 6.54 Å². The second kappa shape index (κ2) is 7.81. The Bertz CT molecular complexity index is 1300. The van der Waals surface area contributed by atoms with Crippen molar-refractivity contribution in [3.63, 3.8) is 0 Å². The minimum atomic E-state index is -0.681. The molecule has 1 aliphatic carbocycles. The van der Waals surface area contributed by atoms with Gasteiger partial charge in [-0.15, -0.1) is 0 Å². The van der Waals surface area contributed by atoms with Crippen LogP contribution >= 0.6 is 11.6 Å². The zero-order chi connectivity index (χ0) is 21.5.